The Morgan fingerprint density at radius 1 is 0.900 bits per heavy atom. The van der Waals surface area contributed by atoms with E-state index in [2.05, 4.69) is 19.8 Å². The number of piperidine rings is 1. The van der Waals surface area contributed by atoms with Gasteiger partial charge in [0.05, 0.1) is 31.0 Å². The minimum atomic E-state index is -5.01. The number of esters is 1. The summed E-state index contributed by atoms with van der Waals surface area (Å²) in [6, 6.07) is 0.365. The second-order valence-electron chi connectivity index (χ2n) is 12.6. The lowest BCUT2D eigenvalue weighted by Gasteiger charge is -2.48. The van der Waals surface area contributed by atoms with Gasteiger partial charge in [0.1, 0.15) is 6.10 Å². The number of amides is 1. The summed E-state index contributed by atoms with van der Waals surface area (Å²) in [5.41, 5.74) is -1.69. The zero-order valence-corrected chi connectivity index (χ0v) is 28.0. The molecule has 4 heterocycles. The summed E-state index contributed by atoms with van der Waals surface area (Å²) in [5.74, 6) is -0.275. The van der Waals surface area contributed by atoms with Gasteiger partial charge in [-0.25, -0.2) is 14.8 Å². The molecule has 2 unspecified atom stereocenters. The van der Waals surface area contributed by atoms with Crippen molar-refractivity contribution in [2.75, 3.05) is 31.6 Å². The second-order valence-corrected chi connectivity index (χ2v) is 12.6. The first-order valence-corrected chi connectivity index (χ1v) is 16.2. The number of ether oxygens (including phenoxy) is 2. The van der Waals surface area contributed by atoms with E-state index in [9.17, 15) is 35.9 Å². The Kier molecular flexibility index (Phi) is 10.9. The van der Waals surface area contributed by atoms with E-state index in [0.717, 1.165) is 17.7 Å². The predicted octanol–water partition coefficient (Wildman–Crippen LogP) is 5.94. The number of aryl methyl sites for hydroxylation is 1. The first-order chi connectivity index (χ1) is 23.6. The molecule has 0 radical (unpaired) electrons. The van der Waals surface area contributed by atoms with Crippen LogP contribution in [0.4, 0.5) is 37.1 Å². The van der Waals surface area contributed by atoms with E-state index in [4.69, 9.17) is 4.74 Å². The summed E-state index contributed by atoms with van der Waals surface area (Å²) in [7, 11) is 3.04. The number of halogens is 6. The van der Waals surface area contributed by atoms with Crippen molar-refractivity contribution in [1.29, 1.82) is 0 Å². The Labute approximate surface area is 285 Å². The monoisotopic (exact) mass is 711 g/mol. The van der Waals surface area contributed by atoms with Crippen LogP contribution in [0.25, 0.3) is 11.1 Å². The van der Waals surface area contributed by atoms with Crippen molar-refractivity contribution in [2.45, 2.75) is 82.7 Å². The second kappa shape index (κ2) is 14.8. The molecule has 1 aromatic carbocycles. The molecule has 17 heteroatoms. The van der Waals surface area contributed by atoms with Crippen molar-refractivity contribution in [3.63, 3.8) is 0 Å². The molecule has 0 aliphatic carbocycles. The lowest BCUT2D eigenvalue weighted by atomic mass is 9.87. The fourth-order valence-corrected chi connectivity index (χ4v) is 6.56. The van der Waals surface area contributed by atoms with E-state index in [-0.39, 0.29) is 42.8 Å². The first kappa shape index (κ1) is 36.9. The van der Waals surface area contributed by atoms with E-state index < -0.39 is 47.7 Å². The van der Waals surface area contributed by atoms with Gasteiger partial charge in [0.25, 0.3) is 0 Å². The number of likely N-dealkylation sites (tertiary alicyclic amines) is 2. The number of alkyl halides is 6. The molecule has 272 valence electrons. The number of hydrogen-bond donors (Lipinski definition) is 0. The van der Waals surface area contributed by atoms with Crippen LogP contribution in [0.15, 0.2) is 43.0 Å². The number of rotatable bonds is 10. The highest BCUT2D eigenvalue weighted by molar-refractivity contribution is 5.72. The maximum absolute atomic E-state index is 13.8. The Balaban J connectivity index is 1.44. The lowest BCUT2D eigenvalue weighted by Crippen LogP contribution is -2.60. The molecule has 3 aromatic rings. The van der Waals surface area contributed by atoms with Crippen molar-refractivity contribution in [3.8, 4) is 11.1 Å². The van der Waals surface area contributed by atoms with Gasteiger partial charge in [0.15, 0.2) is 0 Å². The van der Waals surface area contributed by atoms with Crippen LogP contribution in [0.2, 0.25) is 0 Å². The molecule has 2 fully saturated rings. The van der Waals surface area contributed by atoms with Gasteiger partial charge >= 0.3 is 24.4 Å². The highest BCUT2D eigenvalue weighted by atomic mass is 19.4. The van der Waals surface area contributed by atoms with Gasteiger partial charge < -0.3 is 19.3 Å². The van der Waals surface area contributed by atoms with Gasteiger partial charge in [0.2, 0.25) is 5.95 Å². The predicted molar refractivity (Wildman–Crippen MR) is 169 cm³/mol. The third-order valence-corrected chi connectivity index (χ3v) is 9.17. The Morgan fingerprint density at radius 2 is 1.48 bits per heavy atom. The van der Waals surface area contributed by atoms with Crippen molar-refractivity contribution >= 4 is 18.0 Å². The zero-order valence-electron chi connectivity index (χ0n) is 28.0. The summed E-state index contributed by atoms with van der Waals surface area (Å²) in [4.78, 5) is 39.2. The molecule has 5 rings (SSSR count). The number of aromatic nitrogens is 4. The fourth-order valence-electron chi connectivity index (χ4n) is 6.56. The summed E-state index contributed by atoms with van der Waals surface area (Å²) in [6.07, 6.45) is -2.82. The van der Waals surface area contributed by atoms with Gasteiger partial charge in [-0.15, -0.1) is 0 Å². The molecule has 50 heavy (non-hydrogen) atoms. The van der Waals surface area contributed by atoms with Crippen LogP contribution in [0.5, 0.6) is 0 Å². The zero-order chi connectivity index (χ0) is 36.4. The van der Waals surface area contributed by atoms with E-state index in [1.807, 2.05) is 13.8 Å². The van der Waals surface area contributed by atoms with Gasteiger partial charge in [-0.2, -0.15) is 31.4 Å². The van der Waals surface area contributed by atoms with E-state index in [1.165, 1.54) is 19.5 Å². The Morgan fingerprint density at radius 3 is 1.96 bits per heavy atom. The van der Waals surface area contributed by atoms with Crippen LogP contribution in [0.1, 0.15) is 56.2 Å². The maximum atomic E-state index is 13.8. The molecule has 2 aliphatic rings. The fraction of sp³-hybridized carbons (Fsp3) is 0.545. The lowest BCUT2D eigenvalue weighted by molar-refractivity contribution is -0.145. The number of methoxy groups -OCH3 is 1. The Hall–Kier alpha value is -4.41. The van der Waals surface area contributed by atoms with E-state index in [1.54, 1.807) is 38.8 Å². The number of carbonyl (C=O) groups is 2. The summed E-state index contributed by atoms with van der Waals surface area (Å²) >= 11 is 0. The SMILES string of the molecule is CCC1CC(N(Cc2cc(C(F)(F)F)cc(C(F)(F)F)c2)c2ncc(-c3cnn(C)c3)cn2)CC(CC)N1C(=O)OC1CN(CC(=O)OC)C1. The molecule has 2 aromatic heterocycles. The summed E-state index contributed by atoms with van der Waals surface area (Å²) in [6.45, 7) is 4.28. The highest BCUT2D eigenvalue weighted by Crippen LogP contribution is 2.38. The van der Waals surface area contributed by atoms with Gasteiger partial charge in [-0.05, 0) is 49.4 Å². The van der Waals surface area contributed by atoms with E-state index >= 15 is 0 Å². The standard InChI is InChI=1S/C33H39F6N7O4/c1-5-25-10-27(11-26(6-2)46(25)31(48)50-28-17-44(18-28)19-29(47)49-4)45(30-40-12-21(13-41-30)22-14-42-43(3)16-22)15-20-7-23(32(34,35)36)9-24(8-20)33(37,38)39/h7-9,12-14,16,25-28H,5-6,10-11,15,17-19H2,1-4H3. The smallest absolute Gasteiger partial charge is 0.416 e. The number of benzene rings is 1. The van der Waals surface area contributed by atoms with Crippen LogP contribution in [0, 0.1) is 0 Å². The Bertz CT molecular complexity index is 1600. The van der Waals surface area contributed by atoms with Crippen LogP contribution < -0.4 is 4.90 Å². The van der Waals surface area contributed by atoms with Crippen LogP contribution in [-0.4, -0.2) is 92.6 Å². The molecule has 0 spiro atoms. The third kappa shape index (κ3) is 8.47. The molecule has 0 N–H and O–H groups in total. The van der Waals surface area contributed by atoms with Gasteiger partial charge in [0, 0.05) is 74.5 Å². The number of nitrogens with zero attached hydrogens (tertiary/aromatic N) is 7. The topological polar surface area (TPSA) is 106 Å². The van der Waals surface area contributed by atoms with Crippen molar-refractivity contribution in [3.05, 3.63) is 59.7 Å². The number of anilines is 1. The largest absolute Gasteiger partial charge is 0.468 e. The molecule has 2 saturated heterocycles. The molecule has 1 amide bonds. The molecule has 11 nitrogen and oxygen atoms in total. The highest BCUT2D eigenvalue weighted by Gasteiger charge is 2.43. The average Bonchev–Trinajstić information content (AvgIpc) is 3.50. The minimum Gasteiger partial charge on any atom is -0.468 e. The van der Waals surface area contributed by atoms with Gasteiger partial charge in [-0.1, -0.05) is 13.8 Å². The van der Waals surface area contributed by atoms with Crippen LogP contribution >= 0.6 is 0 Å². The molecule has 0 bridgehead atoms. The molecular weight excluding hydrogens is 672 g/mol. The molecule has 2 aliphatic heterocycles. The number of carbonyl (C=O) groups excluding carboxylic acids is 2. The van der Waals surface area contributed by atoms with Crippen LogP contribution in [-0.2, 0) is 40.2 Å². The number of hydrogen-bond acceptors (Lipinski definition) is 9. The molecule has 0 saturated carbocycles. The summed E-state index contributed by atoms with van der Waals surface area (Å²) < 4.78 is 94.9. The molecule has 2 atom stereocenters. The van der Waals surface area contributed by atoms with E-state index in [0.29, 0.717) is 44.3 Å². The average molecular weight is 712 g/mol. The third-order valence-electron chi connectivity index (χ3n) is 9.17. The van der Waals surface area contributed by atoms with Crippen molar-refractivity contribution < 1.29 is 45.4 Å². The van der Waals surface area contributed by atoms with Crippen molar-refractivity contribution in [2.24, 2.45) is 7.05 Å². The normalized spacial score (nSPS) is 20.4. The first-order valence-electron chi connectivity index (χ1n) is 16.2. The molecular formula is C33H39F6N7O4. The van der Waals surface area contributed by atoms with Crippen molar-refractivity contribution in [1.82, 2.24) is 29.5 Å². The summed E-state index contributed by atoms with van der Waals surface area (Å²) in [5, 5.41) is 4.14. The minimum absolute atomic E-state index is 0.0859. The van der Waals surface area contributed by atoms with Crippen LogP contribution in [0.3, 0.4) is 0 Å². The maximum Gasteiger partial charge on any atom is 0.416 e. The van der Waals surface area contributed by atoms with Gasteiger partial charge in [-0.3, -0.25) is 14.4 Å². The quantitative estimate of drug-likeness (QED) is 0.187.